The van der Waals surface area contributed by atoms with Crippen LogP contribution in [0.3, 0.4) is 0 Å². The zero-order valence-electron chi connectivity index (χ0n) is 7.11. The maximum atomic E-state index is 13.3. The number of halogens is 2. The summed E-state index contributed by atoms with van der Waals surface area (Å²) in [6.07, 6.45) is 2.95. The first-order chi connectivity index (χ1) is 6.66. The fraction of sp³-hybridized carbons (Fsp3) is 0. The summed E-state index contributed by atoms with van der Waals surface area (Å²) in [7, 11) is 0. The zero-order chi connectivity index (χ0) is 10.1. The molecule has 1 aromatic carbocycles. The van der Waals surface area contributed by atoms with Gasteiger partial charge in [0.25, 0.3) is 0 Å². The fourth-order valence-corrected chi connectivity index (χ4v) is 1.27. The summed E-state index contributed by atoms with van der Waals surface area (Å²) < 4.78 is 14.6. The van der Waals surface area contributed by atoms with Gasteiger partial charge >= 0.3 is 0 Å². The molecule has 72 valence electrons. The van der Waals surface area contributed by atoms with Gasteiger partial charge in [-0.2, -0.15) is 5.10 Å². The van der Waals surface area contributed by atoms with Crippen LogP contribution in [0.25, 0.3) is 5.69 Å². The number of nitrogens with two attached hydrogens (primary N) is 1. The second-order valence-electron chi connectivity index (χ2n) is 2.81. The van der Waals surface area contributed by atoms with Crippen molar-refractivity contribution in [2.75, 3.05) is 5.73 Å². The Bertz CT molecular complexity index is 467. The number of rotatable bonds is 1. The van der Waals surface area contributed by atoms with Crippen molar-refractivity contribution in [1.29, 1.82) is 0 Å². The second kappa shape index (κ2) is 3.31. The lowest BCUT2D eigenvalue weighted by Gasteiger charge is -2.03. The largest absolute Gasteiger partial charge is 0.399 e. The van der Waals surface area contributed by atoms with Gasteiger partial charge in [0.15, 0.2) is 0 Å². The third kappa shape index (κ3) is 1.56. The van der Waals surface area contributed by atoms with Crippen LogP contribution >= 0.6 is 11.6 Å². The van der Waals surface area contributed by atoms with Crippen molar-refractivity contribution < 1.29 is 4.39 Å². The van der Waals surface area contributed by atoms with E-state index >= 15 is 0 Å². The molecule has 0 spiro atoms. The van der Waals surface area contributed by atoms with Crippen LogP contribution in [0.4, 0.5) is 10.1 Å². The minimum absolute atomic E-state index is 0.289. The van der Waals surface area contributed by atoms with Crippen LogP contribution in [0.15, 0.2) is 30.6 Å². The number of aromatic nitrogens is 2. The molecule has 0 unspecified atom stereocenters. The lowest BCUT2D eigenvalue weighted by molar-refractivity contribution is 0.611. The van der Waals surface area contributed by atoms with Gasteiger partial charge in [-0.25, -0.2) is 9.07 Å². The standard InChI is InChI=1S/C9H7ClFN3/c10-6-4-13-14(5-6)9-3-7(12)1-2-8(9)11/h1-5H,12H2. The molecule has 0 radical (unpaired) electrons. The van der Waals surface area contributed by atoms with Crippen LogP contribution in [-0.2, 0) is 0 Å². The molecule has 5 heteroatoms. The van der Waals surface area contributed by atoms with E-state index in [-0.39, 0.29) is 11.5 Å². The van der Waals surface area contributed by atoms with Gasteiger partial charge in [0.2, 0.25) is 0 Å². The summed E-state index contributed by atoms with van der Waals surface area (Å²) in [6.45, 7) is 0. The summed E-state index contributed by atoms with van der Waals surface area (Å²) in [5, 5.41) is 4.33. The minimum atomic E-state index is -0.390. The van der Waals surface area contributed by atoms with E-state index in [4.69, 9.17) is 17.3 Å². The minimum Gasteiger partial charge on any atom is -0.399 e. The third-order valence-corrected chi connectivity index (χ3v) is 1.96. The Morgan fingerprint density at radius 1 is 1.43 bits per heavy atom. The molecule has 0 saturated carbocycles. The molecular formula is C9H7ClFN3. The first kappa shape index (κ1) is 9.02. The van der Waals surface area contributed by atoms with Crippen LogP contribution in [0, 0.1) is 5.82 Å². The van der Waals surface area contributed by atoms with E-state index in [0.29, 0.717) is 10.7 Å². The van der Waals surface area contributed by atoms with Gasteiger partial charge in [-0.3, -0.25) is 0 Å². The molecule has 14 heavy (non-hydrogen) atoms. The summed E-state index contributed by atoms with van der Waals surface area (Å²) in [6, 6.07) is 4.28. The molecule has 0 aliphatic rings. The van der Waals surface area contributed by atoms with Gasteiger partial charge in [0.1, 0.15) is 11.5 Å². The average molecular weight is 212 g/mol. The monoisotopic (exact) mass is 211 g/mol. The fourth-order valence-electron chi connectivity index (χ4n) is 1.14. The van der Waals surface area contributed by atoms with Crippen LogP contribution in [0.5, 0.6) is 0 Å². The Hall–Kier alpha value is -1.55. The van der Waals surface area contributed by atoms with Crippen molar-refractivity contribution in [1.82, 2.24) is 9.78 Å². The van der Waals surface area contributed by atoms with E-state index in [1.165, 1.54) is 35.3 Å². The Kier molecular flexibility index (Phi) is 2.13. The van der Waals surface area contributed by atoms with Crippen molar-refractivity contribution >= 4 is 17.3 Å². The zero-order valence-corrected chi connectivity index (χ0v) is 7.87. The van der Waals surface area contributed by atoms with Crippen molar-refractivity contribution in [3.8, 4) is 5.69 Å². The lowest BCUT2D eigenvalue weighted by atomic mass is 10.3. The van der Waals surface area contributed by atoms with Crippen molar-refractivity contribution in [3.05, 3.63) is 41.4 Å². The maximum absolute atomic E-state index is 13.3. The second-order valence-corrected chi connectivity index (χ2v) is 3.25. The van der Waals surface area contributed by atoms with Gasteiger partial charge in [0, 0.05) is 11.9 Å². The molecule has 0 fully saturated rings. The Morgan fingerprint density at radius 3 is 2.86 bits per heavy atom. The maximum Gasteiger partial charge on any atom is 0.149 e. The summed E-state index contributed by atoms with van der Waals surface area (Å²) >= 11 is 5.67. The first-order valence-electron chi connectivity index (χ1n) is 3.92. The van der Waals surface area contributed by atoms with E-state index in [2.05, 4.69) is 5.10 Å². The van der Waals surface area contributed by atoms with Crippen LogP contribution < -0.4 is 5.73 Å². The molecule has 2 aromatic rings. The summed E-state index contributed by atoms with van der Waals surface area (Å²) in [5.74, 6) is -0.390. The molecule has 0 aliphatic heterocycles. The molecule has 0 saturated heterocycles. The molecule has 0 aliphatic carbocycles. The van der Waals surface area contributed by atoms with Gasteiger partial charge in [-0.15, -0.1) is 0 Å². The van der Waals surface area contributed by atoms with E-state index in [0.717, 1.165) is 0 Å². The number of benzene rings is 1. The molecule has 1 aromatic heterocycles. The molecule has 3 nitrogen and oxygen atoms in total. The number of anilines is 1. The van der Waals surface area contributed by atoms with Crippen molar-refractivity contribution in [2.45, 2.75) is 0 Å². The Morgan fingerprint density at radius 2 is 2.21 bits per heavy atom. The predicted octanol–water partition coefficient (Wildman–Crippen LogP) is 2.25. The number of nitrogens with zero attached hydrogens (tertiary/aromatic N) is 2. The summed E-state index contributed by atoms with van der Waals surface area (Å²) in [5.41, 5.74) is 6.30. The Balaban J connectivity index is 2.55. The molecule has 2 N–H and O–H groups in total. The topological polar surface area (TPSA) is 43.8 Å². The normalized spacial score (nSPS) is 10.4. The Labute approximate surface area is 84.9 Å². The lowest BCUT2D eigenvalue weighted by Crippen LogP contribution is -1.99. The van der Waals surface area contributed by atoms with E-state index in [9.17, 15) is 4.39 Å². The van der Waals surface area contributed by atoms with Gasteiger partial charge in [0.05, 0.1) is 11.2 Å². The highest BCUT2D eigenvalue weighted by Gasteiger charge is 2.05. The molecule has 0 atom stereocenters. The SMILES string of the molecule is Nc1ccc(F)c(-n2cc(Cl)cn2)c1. The number of nitrogen functional groups attached to an aromatic ring is 1. The van der Waals surface area contributed by atoms with Crippen LogP contribution in [0.2, 0.25) is 5.02 Å². The van der Waals surface area contributed by atoms with E-state index in [1.54, 1.807) is 0 Å². The van der Waals surface area contributed by atoms with Crippen molar-refractivity contribution in [3.63, 3.8) is 0 Å². The smallest absolute Gasteiger partial charge is 0.149 e. The number of hydrogen-bond acceptors (Lipinski definition) is 2. The predicted molar refractivity (Wildman–Crippen MR) is 52.9 cm³/mol. The first-order valence-corrected chi connectivity index (χ1v) is 4.30. The van der Waals surface area contributed by atoms with E-state index in [1.807, 2.05) is 0 Å². The van der Waals surface area contributed by atoms with Crippen LogP contribution in [0.1, 0.15) is 0 Å². The summed E-state index contributed by atoms with van der Waals surface area (Å²) in [4.78, 5) is 0. The van der Waals surface area contributed by atoms with Gasteiger partial charge in [-0.05, 0) is 18.2 Å². The molecule has 1 heterocycles. The van der Waals surface area contributed by atoms with Crippen molar-refractivity contribution in [2.24, 2.45) is 0 Å². The average Bonchev–Trinajstić information content (AvgIpc) is 2.56. The molecule has 2 rings (SSSR count). The highest BCUT2D eigenvalue weighted by atomic mass is 35.5. The molecular weight excluding hydrogens is 205 g/mol. The van der Waals surface area contributed by atoms with E-state index < -0.39 is 0 Å². The number of hydrogen-bond donors (Lipinski definition) is 1. The van der Waals surface area contributed by atoms with Gasteiger partial charge < -0.3 is 5.73 Å². The van der Waals surface area contributed by atoms with Gasteiger partial charge in [-0.1, -0.05) is 11.6 Å². The quantitative estimate of drug-likeness (QED) is 0.736. The highest BCUT2D eigenvalue weighted by Crippen LogP contribution is 2.17. The highest BCUT2D eigenvalue weighted by molar-refractivity contribution is 6.30. The molecule has 0 bridgehead atoms. The third-order valence-electron chi connectivity index (χ3n) is 1.77. The molecule has 0 amide bonds. The van der Waals surface area contributed by atoms with Crippen LogP contribution in [-0.4, -0.2) is 9.78 Å².